The topological polar surface area (TPSA) is 80.9 Å². The van der Waals surface area contributed by atoms with Gasteiger partial charge in [-0.1, -0.05) is 83.6 Å². The third-order valence-electron chi connectivity index (χ3n) is 5.77. The number of phenols is 1. The van der Waals surface area contributed by atoms with E-state index in [9.17, 15) is 14.7 Å². The molecule has 1 aliphatic heterocycles. The lowest BCUT2D eigenvalue weighted by Gasteiger charge is -2.25. The minimum absolute atomic E-state index is 0.00188. The van der Waals surface area contributed by atoms with Gasteiger partial charge >= 0.3 is 5.97 Å². The molecule has 2 heterocycles. The molecular weight excluding hydrogens is 496 g/mol. The van der Waals surface area contributed by atoms with Crippen LogP contribution in [0.4, 0.5) is 0 Å². The van der Waals surface area contributed by atoms with Gasteiger partial charge in [-0.2, -0.15) is 0 Å². The van der Waals surface area contributed by atoms with Crippen molar-refractivity contribution in [1.82, 2.24) is 4.57 Å². The SMILES string of the molecule is CCOC(=O)C1=C(c2ccccc2)N=c2s/c(=C\c3cc(Cl)ccc3O)c(=O)n2[C@H]1c1ccccc1. The number of nitrogens with zero attached hydrogens (tertiary/aromatic N) is 2. The van der Waals surface area contributed by atoms with E-state index in [4.69, 9.17) is 21.3 Å². The van der Waals surface area contributed by atoms with Crippen LogP contribution in [0.2, 0.25) is 5.02 Å². The number of phenolic OH excluding ortho intramolecular Hbond substituents is 1. The van der Waals surface area contributed by atoms with Crippen molar-refractivity contribution < 1.29 is 14.6 Å². The second kappa shape index (κ2) is 9.97. The summed E-state index contributed by atoms with van der Waals surface area (Å²) in [6.45, 7) is 1.93. The van der Waals surface area contributed by atoms with Crippen LogP contribution in [-0.2, 0) is 9.53 Å². The largest absolute Gasteiger partial charge is 0.507 e. The number of thiazole rings is 1. The van der Waals surface area contributed by atoms with Gasteiger partial charge in [0.1, 0.15) is 5.75 Å². The van der Waals surface area contributed by atoms with E-state index in [2.05, 4.69) is 0 Å². The average molecular weight is 517 g/mol. The molecule has 0 fully saturated rings. The van der Waals surface area contributed by atoms with Crippen molar-refractivity contribution >= 4 is 40.7 Å². The first-order valence-electron chi connectivity index (χ1n) is 11.3. The number of ether oxygens (including phenoxy) is 1. The molecule has 1 atom stereocenters. The number of aromatic hydroxyl groups is 1. The highest BCUT2D eigenvalue weighted by Gasteiger charge is 2.35. The molecule has 36 heavy (non-hydrogen) atoms. The maximum atomic E-state index is 13.8. The number of rotatable bonds is 5. The van der Waals surface area contributed by atoms with Crippen molar-refractivity contribution in [2.45, 2.75) is 13.0 Å². The molecule has 0 spiro atoms. The van der Waals surface area contributed by atoms with Crippen LogP contribution >= 0.6 is 22.9 Å². The Morgan fingerprint density at radius 3 is 2.50 bits per heavy atom. The molecule has 1 N–H and O–H groups in total. The summed E-state index contributed by atoms with van der Waals surface area (Å²) >= 11 is 7.29. The summed E-state index contributed by atoms with van der Waals surface area (Å²) in [4.78, 5) is 32.3. The summed E-state index contributed by atoms with van der Waals surface area (Å²) in [6, 6.07) is 22.6. The Morgan fingerprint density at radius 2 is 1.81 bits per heavy atom. The van der Waals surface area contributed by atoms with Crippen molar-refractivity contribution in [2.24, 2.45) is 4.99 Å². The Balaban J connectivity index is 1.84. The summed E-state index contributed by atoms with van der Waals surface area (Å²) in [5.74, 6) is -0.530. The number of fused-ring (bicyclic) bond motifs is 1. The first kappa shape index (κ1) is 23.8. The van der Waals surface area contributed by atoms with Gasteiger partial charge < -0.3 is 9.84 Å². The number of carbonyl (C=O) groups excluding carboxylic acids is 1. The summed E-state index contributed by atoms with van der Waals surface area (Å²) in [7, 11) is 0. The molecule has 0 unspecified atom stereocenters. The van der Waals surface area contributed by atoms with Gasteiger partial charge in [0.05, 0.1) is 28.5 Å². The zero-order valence-electron chi connectivity index (χ0n) is 19.2. The molecule has 0 saturated carbocycles. The fourth-order valence-electron chi connectivity index (χ4n) is 4.17. The lowest BCUT2D eigenvalue weighted by Crippen LogP contribution is -2.39. The van der Waals surface area contributed by atoms with Crippen LogP contribution in [0.1, 0.15) is 29.7 Å². The predicted molar refractivity (Wildman–Crippen MR) is 141 cm³/mol. The van der Waals surface area contributed by atoms with E-state index in [1.807, 2.05) is 60.7 Å². The minimum Gasteiger partial charge on any atom is -0.507 e. The molecule has 1 aromatic heterocycles. The maximum absolute atomic E-state index is 13.8. The van der Waals surface area contributed by atoms with Gasteiger partial charge in [-0.15, -0.1) is 0 Å². The predicted octanol–water partition coefficient (Wildman–Crippen LogP) is 4.29. The normalized spacial score (nSPS) is 15.4. The van der Waals surface area contributed by atoms with Gasteiger partial charge in [0, 0.05) is 16.1 Å². The fraction of sp³-hybridized carbons (Fsp3) is 0.107. The number of aromatic nitrogens is 1. The van der Waals surface area contributed by atoms with E-state index in [0.717, 1.165) is 11.1 Å². The Labute approximate surface area is 215 Å². The van der Waals surface area contributed by atoms with Crippen LogP contribution in [0.25, 0.3) is 11.8 Å². The molecule has 0 aliphatic carbocycles. The standard InChI is InChI=1S/C28H21ClN2O4S/c1-2-35-27(34)23-24(17-9-5-3-6-10-17)30-28-31(25(23)18-11-7-4-8-12-18)26(33)22(36-28)16-19-15-20(29)13-14-21(19)32/h3-16,25,32H,2H2,1H3/b22-16-/t25-/m0/s1. The highest BCUT2D eigenvalue weighted by Crippen LogP contribution is 2.35. The molecule has 0 radical (unpaired) electrons. The number of halogens is 1. The summed E-state index contributed by atoms with van der Waals surface area (Å²) in [5.41, 5.74) is 2.33. The second-order valence-electron chi connectivity index (χ2n) is 8.05. The Hall–Kier alpha value is -3.94. The van der Waals surface area contributed by atoms with Gasteiger partial charge in [-0.3, -0.25) is 9.36 Å². The molecule has 6 nitrogen and oxygen atoms in total. The Kier molecular flexibility index (Phi) is 6.59. The molecule has 4 aromatic rings. The van der Waals surface area contributed by atoms with Gasteiger partial charge in [-0.25, -0.2) is 9.79 Å². The van der Waals surface area contributed by atoms with Crippen LogP contribution in [-0.4, -0.2) is 22.2 Å². The molecule has 1 aliphatic rings. The zero-order valence-corrected chi connectivity index (χ0v) is 20.8. The molecule has 0 bridgehead atoms. The average Bonchev–Trinajstić information content (AvgIpc) is 3.21. The summed E-state index contributed by atoms with van der Waals surface area (Å²) < 4.78 is 7.32. The van der Waals surface area contributed by atoms with Gasteiger partial charge in [0.2, 0.25) is 0 Å². The fourth-order valence-corrected chi connectivity index (χ4v) is 5.35. The van der Waals surface area contributed by atoms with E-state index in [1.165, 1.54) is 22.0 Å². The lowest BCUT2D eigenvalue weighted by molar-refractivity contribution is -0.138. The highest BCUT2D eigenvalue weighted by atomic mass is 35.5. The Morgan fingerprint density at radius 1 is 1.11 bits per heavy atom. The van der Waals surface area contributed by atoms with E-state index in [-0.39, 0.29) is 17.9 Å². The minimum atomic E-state index is -0.744. The number of carbonyl (C=O) groups is 1. The molecule has 180 valence electrons. The molecular formula is C28H21ClN2O4S. The van der Waals surface area contributed by atoms with Crippen molar-refractivity contribution in [2.75, 3.05) is 6.61 Å². The number of hydrogen-bond acceptors (Lipinski definition) is 6. The van der Waals surface area contributed by atoms with Gasteiger partial charge in [-0.05, 0) is 36.8 Å². The third kappa shape index (κ3) is 4.39. The Bertz CT molecular complexity index is 1660. The van der Waals surface area contributed by atoms with E-state index in [1.54, 1.807) is 25.1 Å². The molecule has 5 rings (SSSR count). The van der Waals surface area contributed by atoms with Crippen LogP contribution in [0.5, 0.6) is 5.75 Å². The van der Waals surface area contributed by atoms with Crippen molar-refractivity contribution in [3.63, 3.8) is 0 Å². The third-order valence-corrected chi connectivity index (χ3v) is 6.98. The van der Waals surface area contributed by atoms with Crippen molar-refractivity contribution in [1.29, 1.82) is 0 Å². The number of esters is 1. The van der Waals surface area contributed by atoms with Crippen molar-refractivity contribution in [3.05, 3.63) is 126 Å². The second-order valence-corrected chi connectivity index (χ2v) is 9.49. The molecule has 0 amide bonds. The highest BCUT2D eigenvalue weighted by molar-refractivity contribution is 7.07. The van der Waals surface area contributed by atoms with Crippen LogP contribution in [0.15, 0.2) is 94.2 Å². The smallest absolute Gasteiger partial charge is 0.338 e. The maximum Gasteiger partial charge on any atom is 0.338 e. The monoisotopic (exact) mass is 516 g/mol. The molecule has 0 saturated heterocycles. The summed E-state index contributed by atoms with van der Waals surface area (Å²) in [6.07, 6.45) is 1.59. The first-order valence-corrected chi connectivity index (χ1v) is 12.5. The zero-order chi connectivity index (χ0) is 25.2. The van der Waals surface area contributed by atoms with E-state index < -0.39 is 12.0 Å². The first-order chi connectivity index (χ1) is 17.5. The van der Waals surface area contributed by atoms with Crippen LogP contribution in [0.3, 0.4) is 0 Å². The van der Waals surface area contributed by atoms with Crippen LogP contribution < -0.4 is 14.9 Å². The van der Waals surface area contributed by atoms with Crippen LogP contribution in [0, 0.1) is 0 Å². The molecule has 3 aromatic carbocycles. The van der Waals surface area contributed by atoms with E-state index in [0.29, 0.717) is 31.2 Å². The molecule has 8 heteroatoms. The van der Waals surface area contributed by atoms with Gasteiger partial charge in [0.25, 0.3) is 5.56 Å². The number of benzene rings is 3. The number of hydrogen-bond donors (Lipinski definition) is 1. The quantitative estimate of drug-likeness (QED) is 0.401. The van der Waals surface area contributed by atoms with Gasteiger partial charge in [0.15, 0.2) is 4.80 Å². The summed E-state index contributed by atoms with van der Waals surface area (Å²) in [5, 5.41) is 10.7. The van der Waals surface area contributed by atoms with E-state index >= 15 is 0 Å². The lowest BCUT2D eigenvalue weighted by atomic mass is 9.93. The van der Waals surface area contributed by atoms with Crippen molar-refractivity contribution in [3.8, 4) is 5.75 Å².